The summed E-state index contributed by atoms with van der Waals surface area (Å²) in [5.41, 5.74) is -0.782. The van der Waals surface area contributed by atoms with Crippen LogP contribution in [0.3, 0.4) is 0 Å². The van der Waals surface area contributed by atoms with Gasteiger partial charge in [0.1, 0.15) is 0 Å². The van der Waals surface area contributed by atoms with E-state index in [9.17, 15) is 9.59 Å². The first-order valence-corrected chi connectivity index (χ1v) is 8.24. The first kappa shape index (κ1) is 19.2. The van der Waals surface area contributed by atoms with Gasteiger partial charge in [-0.15, -0.1) is 0 Å². The van der Waals surface area contributed by atoms with Gasteiger partial charge in [0.05, 0.1) is 13.2 Å². The van der Waals surface area contributed by atoms with Crippen LogP contribution in [0.25, 0.3) is 0 Å². The van der Waals surface area contributed by atoms with Gasteiger partial charge >= 0.3 is 11.9 Å². The van der Waals surface area contributed by atoms with Crippen LogP contribution in [-0.2, 0) is 24.5 Å². The van der Waals surface area contributed by atoms with E-state index in [1.165, 1.54) is 0 Å². The number of rotatable bonds is 8. The van der Waals surface area contributed by atoms with E-state index >= 15 is 0 Å². The molecule has 0 heterocycles. The van der Waals surface area contributed by atoms with E-state index < -0.39 is 17.4 Å². The lowest BCUT2D eigenvalue weighted by Crippen LogP contribution is -2.46. The number of carbonyl (C=O) groups is 2. The summed E-state index contributed by atoms with van der Waals surface area (Å²) in [5.74, 6) is -0.658. The van der Waals surface area contributed by atoms with Crippen molar-refractivity contribution in [1.29, 1.82) is 0 Å². The zero-order chi connectivity index (χ0) is 17.5. The predicted octanol–water partition coefficient (Wildman–Crippen LogP) is 3.73. The maximum Gasteiger partial charge on any atom is 0.328 e. The molecule has 0 radical (unpaired) electrons. The minimum atomic E-state index is -1.40. The Morgan fingerprint density at radius 1 is 0.913 bits per heavy atom. The van der Waals surface area contributed by atoms with Gasteiger partial charge < -0.3 is 9.47 Å². The fraction of sp³-hybridized carbons (Fsp3) is 0.579. The van der Waals surface area contributed by atoms with E-state index in [2.05, 4.69) is 0 Å². The second-order valence-electron chi connectivity index (χ2n) is 6.61. The van der Waals surface area contributed by atoms with E-state index in [1.807, 2.05) is 45.9 Å². The largest absolute Gasteiger partial charge is 0.464 e. The highest BCUT2D eigenvalue weighted by Gasteiger charge is 2.49. The molecule has 0 aromatic heterocycles. The van der Waals surface area contributed by atoms with E-state index in [4.69, 9.17) is 9.47 Å². The molecule has 0 atom stereocenters. The Morgan fingerprint density at radius 3 is 1.70 bits per heavy atom. The third kappa shape index (κ3) is 4.81. The van der Waals surface area contributed by atoms with Crippen LogP contribution in [0.4, 0.5) is 0 Å². The van der Waals surface area contributed by atoms with Gasteiger partial charge in [-0.2, -0.15) is 0 Å². The lowest BCUT2D eigenvalue weighted by molar-refractivity contribution is -0.167. The van der Waals surface area contributed by atoms with Gasteiger partial charge in [-0.1, -0.05) is 65.0 Å². The lowest BCUT2D eigenvalue weighted by atomic mass is 9.78. The van der Waals surface area contributed by atoms with Crippen LogP contribution in [0.5, 0.6) is 0 Å². The van der Waals surface area contributed by atoms with Crippen LogP contribution >= 0.6 is 0 Å². The maximum atomic E-state index is 12.8. The molecular weight excluding hydrogens is 292 g/mol. The molecule has 23 heavy (non-hydrogen) atoms. The molecule has 1 aromatic rings. The fourth-order valence-corrected chi connectivity index (χ4v) is 2.27. The lowest BCUT2D eigenvalue weighted by Gasteiger charge is -2.29. The van der Waals surface area contributed by atoms with Gasteiger partial charge in [-0.25, -0.2) is 0 Å². The predicted molar refractivity (Wildman–Crippen MR) is 90.0 cm³/mol. The highest BCUT2D eigenvalue weighted by Crippen LogP contribution is 2.32. The maximum absolute atomic E-state index is 12.8. The van der Waals surface area contributed by atoms with Gasteiger partial charge in [0.15, 0.2) is 5.41 Å². The molecule has 4 heteroatoms. The summed E-state index contributed by atoms with van der Waals surface area (Å²) in [5, 5.41) is 0. The van der Waals surface area contributed by atoms with Crippen LogP contribution in [0.2, 0.25) is 0 Å². The number of benzene rings is 1. The highest BCUT2D eigenvalue weighted by molar-refractivity contribution is 6.06. The summed E-state index contributed by atoms with van der Waals surface area (Å²) in [7, 11) is 0. The van der Waals surface area contributed by atoms with E-state index in [1.54, 1.807) is 19.1 Å². The molecule has 0 N–H and O–H groups in total. The highest BCUT2D eigenvalue weighted by atomic mass is 16.6. The molecule has 0 amide bonds. The molecular formula is C19H28O4. The first-order chi connectivity index (χ1) is 10.8. The van der Waals surface area contributed by atoms with Crippen LogP contribution in [-0.4, -0.2) is 25.2 Å². The monoisotopic (exact) mass is 320 g/mol. The topological polar surface area (TPSA) is 52.6 Å². The average molecular weight is 320 g/mol. The normalized spacial score (nSPS) is 11.6. The summed E-state index contributed by atoms with van der Waals surface area (Å²) >= 11 is 0. The van der Waals surface area contributed by atoms with Crippen LogP contribution in [0.15, 0.2) is 30.3 Å². The molecule has 0 bridgehead atoms. The van der Waals surface area contributed by atoms with Crippen molar-refractivity contribution in [3.8, 4) is 0 Å². The number of ether oxygens (including phenoxy) is 2. The molecule has 128 valence electrons. The summed E-state index contributed by atoms with van der Waals surface area (Å²) < 4.78 is 10.8. The molecule has 0 aliphatic carbocycles. The Kier molecular flexibility index (Phi) is 7.27. The SMILES string of the molecule is CCC(C(=O)OCC(C)C)(C(=O)OCC(C)C)c1ccccc1. The zero-order valence-electron chi connectivity index (χ0n) is 14.8. The van der Waals surface area contributed by atoms with E-state index in [-0.39, 0.29) is 25.0 Å². The molecule has 0 aliphatic rings. The molecule has 0 fully saturated rings. The third-order valence-corrected chi connectivity index (χ3v) is 3.59. The summed E-state index contributed by atoms with van der Waals surface area (Å²) in [4.78, 5) is 25.5. The van der Waals surface area contributed by atoms with Crippen molar-refractivity contribution in [3.63, 3.8) is 0 Å². The smallest absolute Gasteiger partial charge is 0.328 e. The second-order valence-corrected chi connectivity index (χ2v) is 6.61. The van der Waals surface area contributed by atoms with Gasteiger partial charge in [-0.05, 0) is 23.8 Å². The summed E-state index contributed by atoms with van der Waals surface area (Å²) in [6.07, 6.45) is 0.296. The summed E-state index contributed by atoms with van der Waals surface area (Å²) in [6, 6.07) is 9.02. The molecule has 0 saturated carbocycles. The summed E-state index contributed by atoms with van der Waals surface area (Å²) in [6.45, 7) is 10.2. The molecule has 0 unspecified atom stereocenters. The molecule has 0 aliphatic heterocycles. The van der Waals surface area contributed by atoms with Crippen molar-refractivity contribution in [2.75, 3.05) is 13.2 Å². The fourth-order valence-electron chi connectivity index (χ4n) is 2.27. The van der Waals surface area contributed by atoms with Crippen LogP contribution in [0, 0.1) is 11.8 Å². The van der Waals surface area contributed by atoms with Crippen molar-refractivity contribution in [3.05, 3.63) is 35.9 Å². The zero-order valence-corrected chi connectivity index (χ0v) is 14.8. The van der Waals surface area contributed by atoms with Gasteiger partial charge in [-0.3, -0.25) is 9.59 Å². The standard InChI is InChI=1S/C19H28O4/c1-6-19(16-10-8-7-9-11-16,17(20)22-12-14(2)3)18(21)23-13-15(4)5/h7-11,14-15H,6,12-13H2,1-5H3. The van der Waals surface area contributed by atoms with Gasteiger partial charge in [0.2, 0.25) is 0 Å². The number of hydrogen-bond acceptors (Lipinski definition) is 4. The Bertz CT molecular complexity index is 481. The Labute approximate surface area is 139 Å². The minimum Gasteiger partial charge on any atom is -0.464 e. The van der Waals surface area contributed by atoms with Gasteiger partial charge in [0.25, 0.3) is 0 Å². The van der Waals surface area contributed by atoms with Crippen molar-refractivity contribution >= 4 is 11.9 Å². The third-order valence-electron chi connectivity index (χ3n) is 3.59. The Hall–Kier alpha value is -1.84. The van der Waals surface area contributed by atoms with Crippen molar-refractivity contribution in [2.45, 2.75) is 46.5 Å². The second kappa shape index (κ2) is 8.70. The average Bonchev–Trinajstić information content (AvgIpc) is 2.53. The first-order valence-electron chi connectivity index (χ1n) is 8.24. The van der Waals surface area contributed by atoms with E-state index in [0.29, 0.717) is 12.0 Å². The molecule has 1 rings (SSSR count). The number of esters is 2. The van der Waals surface area contributed by atoms with E-state index in [0.717, 1.165) is 0 Å². The van der Waals surface area contributed by atoms with Crippen molar-refractivity contribution < 1.29 is 19.1 Å². The molecule has 1 aromatic carbocycles. The quantitative estimate of drug-likeness (QED) is 0.541. The molecule has 0 spiro atoms. The van der Waals surface area contributed by atoms with Crippen molar-refractivity contribution in [2.24, 2.45) is 11.8 Å². The van der Waals surface area contributed by atoms with Crippen molar-refractivity contribution in [1.82, 2.24) is 0 Å². The Balaban J connectivity index is 3.17. The van der Waals surface area contributed by atoms with Crippen LogP contribution in [0.1, 0.15) is 46.6 Å². The number of carbonyl (C=O) groups excluding carboxylic acids is 2. The number of hydrogen-bond donors (Lipinski definition) is 0. The molecule has 4 nitrogen and oxygen atoms in total. The minimum absolute atomic E-state index is 0.205. The Morgan fingerprint density at radius 2 is 1.35 bits per heavy atom. The van der Waals surface area contributed by atoms with Crippen LogP contribution < -0.4 is 0 Å². The van der Waals surface area contributed by atoms with Gasteiger partial charge in [0, 0.05) is 0 Å². The molecule has 0 saturated heterocycles.